The maximum atomic E-state index is 12.3. The van der Waals surface area contributed by atoms with Gasteiger partial charge >= 0.3 is 0 Å². The fourth-order valence-corrected chi connectivity index (χ4v) is 2.21. The number of carbonyl (C=O) groups excluding carboxylic acids is 1. The highest BCUT2D eigenvalue weighted by Crippen LogP contribution is 2.36. The first kappa shape index (κ1) is 15.9. The van der Waals surface area contributed by atoms with E-state index in [1.54, 1.807) is 37.4 Å². The minimum absolute atomic E-state index is 0.103. The fourth-order valence-electron chi connectivity index (χ4n) is 2.21. The lowest BCUT2D eigenvalue weighted by molar-refractivity contribution is 0.102. The highest BCUT2D eigenvalue weighted by atomic mass is 16.5. The number of methoxy groups -OCH3 is 1. The lowest BCUT2D eigenvalue weighted by atomic mass is 9.86. The molecule has 0 aliphatic rings. The zero-order valence-electron chi connectivity index (χ0n) is 13.3. The van der Waals surface area contributed by atoms with Gasteiger partial charge in [-0.2, -0.15) is 0 Å². The third-order valence-corrected chi connectivity index (χ3v) is 3.42. The van der Waals surface area contributed by atoms with Gasteiger partial charge in [0.25, 0.3) is 5.91 Å². The van der Waals surface area contributed by atoms with Crippen LogP contribution in [0.4, 0.5) is 5.69 Å². The number of carbonyl (C=O) groups is 1. The van der Waals surface area contributed by atoms with Crippen molar-refractivity contribution < 1.29 is 14.6 Å². The Hall–Kier alpha value is -2.49. The first-order valence-electron chi connectivity index (χ1n) is 7.11. The molecule has 0 atom stereocenters. The van der Waals surface area contributed by atoms with Crippen molar-refractivity contribution in [3.63, 3.8) is 0 Å². The van der Waals surface area contributed by atoms with Crippen LogP contribution >= 0.6 is 0 Å². The second-order valence-corrected chi connectivity index (χ2v) is 6.14. The van der Waals surface area contributed by atoms with E-state index in [1.807, 2.05) is 32.9 Å². The van der Waals surface area contributed by atoms with Gasteiger partial charge in [0.1, 0.15) is 11.5 Å². The molecule has 4 nitrogen and oxygen atoms in total. The van der Waals surface area contributed by atoms with Crippen molar-refractivity contribution in [2.75, 3.05) is 12.4 Å². The smallest absolute Gasteiger partial charge is 0.255 e. The molecule has 2 rings (SSSR count). The van der Waals surface area contributed by atoms with E-state index in [2.05, 4.69) is 5.32 Å². The minimum atomic E-state index is -0.291. The normalized spacial score (nSPS) is 11.1. The molecule has 0 heterocycles. The van der Waals surface area contributed by atoms with Crippen LogP contribution in [0.25, 0.3) is 0 Å². The van der Waals surface area contributed by atoms with Gasteiger partial charge in [0.15, 0.2) is 0 Å². The number of hydrogen-bond acceptors (Lipinski definition) is 3. The van der Waals surface area contributed by atoms with Crippen LogP contribution in [0.5, 0.6) is 11.5 Å². The highest BCUT2D eigenvalue weighted by Gasteiger charge is 2.20. The number of nitrogens with one attached hydrogen (secondary N) is 1. The number of benzene rings is 2. The van der Waals surface area contributed by atoms with Crippen molar-refractivity contribution in [3.8, 4) is 11.5 Å². The molecule has 0 saturated heterocycles. The van der Waals surface area contributed by atoms with Crippen molar-refractivity contribution >= 4 is 11.6 Å². The second-order valence-electron chi connectivity index (χ2n) is 6.14. The zero-order chi connectivity index (χ0) is 16.3. The zero-order valence-corrected chi connectivity index (χ0v) is 13.3. The number of ether oxygens (including phenoxy) is 1. The average molecular weight is 299 g/mol. The Bertz CT molecular complexity index is 687. The molecule has 116 valence electrons. The van der Waals surface area contributed by atoms with Crippen LogP contribution in [-0.2, 0) is 5.41 Å². The second kappa shape index (κ2) is 6.10. The Balaban J connectivity index is 2.29. The van der Waals surface area contributed by atoms with Crippen molar-refractivity contribution in [1.82, 2.24) is 0 Å². The van der Waals surface area contributed by atoms with Crippen molar-refractivity contribution in [2.24, 2.45) is 0 Å². The van der Waals surface area contributed by atoms with Crippen LogP contribution in [0.2, 0.25) is 0 Å². The highest BCUT2D eigenvalue weighted by molar-refractivity contribution is 6.05. The lowest BCUT2D eigenvalue weighted by Gasteiger charge is -2.22. The Morgan fingerprint density at radius 3 is 2.45 bits per heavy atom. The maximum Gasteiger partial charge on any atom is 0.255 e. The molecule has 1 amide bonds. The lowest BCUT2D eigenvalue weighted by Crippen LogP contribution is -2.15. The van der Waals surface area contributed by atoms with Crippen molar-refractivity contribution in [1.29, 1.82) is 0 Å². The van der Waals surface area contributed by atoms with Crippen LogP contribution < -0.4 is 10.1 Å². The van der Waals surface area contributed by atoms with E-state index in [0.717, 1.165) is 5.56 Å². The van der Waals surface area contributed by atoms with Gasteiger partial charge in [-0.05, 0) is 29.7 Å². The third kappa shape index (κ3) is 3.39. The summed E-state index contributed by atoms with van der Waals surface area (Å²) in [5.74, 6) is 0.423. The fraction of sp³-hybridized carbons (Fsp3) is 0.278. The SMILES string of the molecule is COc1cccc(C(=O)Nc2cccc(C(C)(C)C)c2O)c1. The number of aromatic hydroxyl groups is 1. The summed E-state index contributed by atoms with van der Waals surface area (Å²) < 4.78 is 5.11. The molecule has 0 radical (unpaired) electrons. The maximum absolute atomic E-state index is 12.3. The van der Waals surface area contributed by atoms with Gasteiger partial charge in [-0.3, -0.25) is 4.79 Å². The molecule has 2 aromatic rings. The third-order valence-electron chi connectivity index (χ3n) is 3.42. The monoisotopic (exact) mass is 299 g/mol. The largest absolute Gasteiger partial charge is 0.505 e. The number of rotatable bonds is 3. The van der Waals surface area contributed by atoms with E-state index < -0.39 is 0 Å². The average Bonchev–Trinajstić information content (AvgIpc) is 2.48. The van der Waals surface area contributed by atoms with Crippen molar-refractivity contribution in [3.05, 3.63) is 53.6 Å². The molecule has 0 fully saturated rings. The predicted molar refractivity (Wildman–Crippen MR) is 87.8 cm³/mol. The summed E-state index contributed by atoms with van der Waals surface area (Å²) >= 11 is 0. The van der Waals surface area contributed by atoms with Gasteiger partial charge in [0, 0.05) is 11.1 Å². The minimum Gasteiger partial charge on any atom is -0.505 e. The summed E-state index contributed by atoms with van der Waals surface area (Å²) in [4.78, 5) is 12.3. The van der Waals surface area contributed by atoms with Crippen LogP contribution in [0.15, 0.2) is 42.5 Å². The van der Waals surface area contributed by atoms with E-state index in [4.69, 9.17) is 4.74 Å². The first-order valence-corrected chi connectivity index (χ1v) is 7.11. The van der Waals surface area contributed by atoms with E-state index in [0.29, 0.717) is 17.0 Å². The number of anilines is 1. The number of hydrogen-bond donors (Lipinski definition) is 2. The topological polar surface area (TPSA) is 58.6 Å². The molecule has 0 aromatic heterocycles. The molecule has 22 heavy (non-hydrogen) atoms. The van der Waals surface area contributed by atoms with E-state index in [1.165, 1.54) is 0 Å². The van der Waals surface area contributed by atoms with Gasteiger partial charge in [-0.15, -0.1) is 0 Å². The Kier molecular flexibility index (Phi) is 4.40. The van der Waals surface area contributed by atoms with Gasteiger partial charge in [0.2, 0.25) is 0 Å². The molecular formula is C18H21NO3. The van der Waals surface area contributed by atoms with Crippen LogP contribution in [0.3, 0.4) is 0 Å². The summed E-state index contributed by atoms with van der Waals surface area (Å²) in [6.45, 7) is 6.03. The quantitative estimate of drug-likeness (QED) is 0.844. The Morgan fingerprint density at radius 1 is 1.14 bits per heavy atom. The Labute approximate surface area is 130 Å². The molecule has 2 N–H and O–H groups in total. The van der Waals surface area contributed by atoms with Gasteiger partial charge in [-0.1, -0.05) is 39.0 Å². The molecule has 0 unspecified atom stereocenters. The molecule has 2 aromatic carbocycles. The molecule has 0 spiro atoms. The summed E-state index contributed by atoms with van der Waals surface area (Å²) in [6.07, 6.45) is 0. The van der Waals surface area contributed by atoms with Crippen LogP contribution in [-0.4, -0.2) is 18.1 Å². The van der Waals surface area contributed by atoms with E-state index in [9.17, 15) is 9.90 Å². The number of para-hydroxylation sites is 1. The molecule has 4 heteroatoms. The summed E-state index contributed by atoms with van der Waals surface area (Å²) in [7, 11) is 1.55. The number of phenols is 1. The van der Waals surface area contributed by atoms with Crippen LogP contribution in [0.1, 0.15) is 36.7 Å². The number of phenolic OH excluding ortho intramolecular Hbond substituents is 1. The Morgan fingerprint density at radius 2 is 1.82 bits per heavy atom. The summed E-state index contributed by atoms with van der Waals surface area (Å²) in [5, 5.41) is 13.1. The standard InChI is InChI=1S/C18H21NO3/c1-18(2,3)14-9-6-10-15(16(14)20)19-17(21)12-7-5-8-13(11-12)22-4/h5-11,20H,1-4H3,(H,19,21). The first-order chi connectivity index (χ1) is 10.3. The molecule has 0 bridgehead atoms. The van der Waals surface area contributed by atoms with Gasteiger partial charge in [0.05, 0.1) is 12.8 Å². The van der Waals surface area contributed by atoms with E-state index in [-0.39, 0.29) is 17.1 Å². The van der Waals surface area contributed by atoms with E-state index >= 15 is 0 Å². The molecule has 0 aliphatic carbocycles. The molecule has 0 aliphatic heterocycles. The predicted octanol–water partition coefficient (Wildman–Crippen LogP) is 3.95. The van der Waals surface area contributed by atoms with Gasteiger partial charge < -0.3 is 15.2 Å². The summed E-state index contributed by atoms with van der Waals surface area (Å²) in [5.41, 5.74) is 1.46. The summed E-state index contributed by atoms with van der Waals surface area (Å²) in [6, 6.07) is 12.2. The molecule has 0 saturated carbocycles. The molecular weight excluding hydrogens is 278 g/mol. The van der Waals surface area contributed by atoms with Gasteiger partial charge in [-0.25, -0.2) is 0 Å². The number of amides is 1. The van der Waals surface area contributed by atoms with Crippen molar-refractivity contribution in [2.45, 2.75) is 26.2 Å². The van der Waals surface area contributed by atoms with Crippen LogP contribution in [0, 0.1) is 0 Å².